The van der Waals surface area contributed by atoms with Crippen LogP contribution >= 0.6 is 0 Å². The summed E-state index contributed by atoms with van der Waals surface area (Å²) in [6, 6.07) is 0.512. The standard InChI is InChI=1S/C14H27N/c1-2-3-6-12-11-13(15)7-10-14(12)8-4-5-9-14/h12-13H,2-11,15H2,1H3. The number of hydrogen-bond acceptors (Lipinski definition) is 1. The van der Waals surface area contributed by atoms with Crippen LogP contribution in [0.3, 0.4) is 0 Å². The van der Waals surface area contributed by atoms with Gasteiger partial charge in [0.15, 0.2) is 0 Å². The van der Waals surface area contributed by atoms with Crippen molar-refractivity contribution in [1.29, 1.82) is 0 Å². The van der Waals surface area contributed by atoms with Gasteiger partial charge in [-0.1, -0.05) is 32.6 Å². The van der Waals surface area contributed by atoms with Crippen molar-refractivity contribution in [2.45, 2.75) is 77.2 Å². The molecule has 1 spiro atoms. The fraction of sp³-hybridized carbons (Fsp3) is 1.00. The minimum atomic E-state index is 0.512. The van der Waals surface area contributed by atoms with Crippen molar-refractivity contribution in [3.05, 3.63) is 0 Å². The SMILES string of the molecule is CCCCC1CC(N)CCC12CCCC2. The molecule has 0 amide bonds. The molecule has 1 nitrogen and oxygen atoms in total. The summed E-state index contributed by atoms with van der Waals surface area (Å²) >= 11 is 0. The molecule has 2 aliphatic rings. The molecular formula is C14H27N. The molecule has 0 saturated heterocycles. The van der Waals surface area contributed by atoms with Gasteiger partial charge in [0.25, 0.3) is 0 Å². The maximum Gasteiger partial charge on any atom is 0.00418 e. The van der Waals surface area contributed by atoms with E-state index in [0.29, 0.717) is 6.04 Å². The average molecular weight is 209 g/mol. The number of rotatable bonds is 3. The summed E-state index contributed by atoms with van der Waals surface area (Å²) in [5, 5.41) is 0. The van der Waals surface area contributed by atoms with Crippen LogP contribution in [0.2, 0.25) is 0 Å². The quantitative estimate of drug-likeness (QED) is 0.750. The van der Waals surface area contributed by atoms with E-state index >= 15 is 0 Å². The molecule has 88 valence electrons. The molecular weight excluding hydrogens is 182 g/mol. The normalized spacial score (nSPS) is 34.8. The van der Waals surface area contributed by atoms with Gasteiger partial charge in [0.2, 0.25) is 0 Å². The van der Waals surface area contributed by atoms with Gasteiger partial charge in [0.05, 0.1) is 0 Å². The maximum absolute atomic E-state index is 6.15. The first-order chi connectivity index (χ1) is 7.27. The molecule has 2 aliphatic carbocycles. The van der Waals surface area contributed by atoms with Crippen molar-refractivity contribution in [3.8, 4) is 0 Å². The topological polar surface area (TPSA) is 26.0 Å². The van der Waals surface area contributed by atoms with E-state index in [1.165, 1.54) is 64.2 Å². The second-order valence-corrected chi connectivity index (χ2v) is 5.94. The number of nitrogens with two attached hydrogens (primary N) is 1. The molecule has 2 rings (SSSR count). The summed E-state index contributed by atoms with van der Waals surface area (Å²) in [5.41, 5.74) is 6.89. The zero-order chi connectivity index (χ0) is 10.7. The van der Waals surface area contributed by atoms with E-state index in [2.05, 4.69) is 6.92 Å². The molecule has 2 fully saturated rings. The zero-order valence-corrected chi connectivity index (χ0v) is 10.3. The highest BCUT2D eigenvalue weighted by molar-refractivity contribution is 4.96. The summed E-state index contributed by atoms with van der Waals surface area (Å²) in [6.45, 7) is 2.31. The van der Waals surface area contributed by atoms with E-state index in [4.69, 9.17) is 5.73 Å². The number of unbranched alkanes of at least 4 members (excludes halogenated alkanes) is 1. The van der Waals surface area contributed by atoms with E-state index in [1.807, 2.05) is 0 Å². The first-order valence-corrected chi connectivity index (χ1v) is 7.02. The molecule has 0 aromatic carbocycles. The van der Waals surface area contributed by atoms with Gasteiger partial charge in [-0.3, -0.25) is 0 Å². The van der Waals surface area contributed by atoms with Crippen LogP contribution in [-0.4, -0.2) is 6.04 Å². The highest BCUT2D eigenvalue weighted by Gasteiger charge is 2.43. The van der Waals surface area contributed by atoms with Crippen molar-refractivity contribution in [2.75, 3.05) is 0 Å². The lowest BCUT2D eigenvalue weighted by atomic mass is 9.62. The van der Waals surface area contributed by atoms with Gasteiger partial charge in [0, 0.05) is 6.04 Å². The first-order valence-electron chi connectivity index (χ1n) is 7.02. The zero-order valence-electron chi connectivity index (χ0n) is 10.3. The van der Waals surface area contributed by atoms with E-state index in [-0.39, 0.29) is 0 Å². The summed E-state index contributed by atoms with van der Waals surface area (Å²) in [7, 11) is 0. The molecule has 15 heavy (non-hydrogen) atoms. The van der Waals surface area contributed by atoms with E-state index < -0.39 is 0 Å². The molecule has 1 heteroatoms. The van der Waals surface area contributed by atoms with Crippen molar-refractivity contribution in [2.24, 2.45) is 17.1 Å². The summed E-state index contributed by atoms with van der Waals surface area (Å²) in [5.74, 6) is 0.962. The predicted molar refractivity (Wildman–Crippen MR) is 65.7 cm³/mol. The van der Waals surface area contributed by atoms with Gasteiger partial charge in [-0.25, -0.2) is 0 Å². The van der Waals surface area contributed by atoms with E-state index in [1.54, 1.807) is 0 Å². The fourth-order valence-corrected chi connectivity index (χ4v) is 4.02. The Balaban J connectivity index is 1.99. The van der Waals surface area contributed by atoms with Gasteiger partial charge in [-0.15, -0.1) is 0 Å². The highest BCUT2D eigenvalue weighted by atomic mass is 14.7. The minimum absolute atomic E-state index is 0.512. The van der Waals surface area contributed by atoms with Crippen LogP contribution < -0.4 is 5.73 Å². The molecule has 0 aromatic heterocycles. The fourth-order valence-electron chi connectivity index (χ4n) is 4.02. The Labute approximate surface area is 94.8 Å². The summed E-state index contributed by atoms with van der Waals surface area (Å²) in [4.78, 5) is 0. The average Bonchev–Trinajstić information content (AvgIpc) is 2.70. The second-order valence-electron chi connectivity index (χ2n) is 5.94. The van der Waals surface area contributed by atoms with E-state index in [0.717, 1.165) is 11.3 Å². The van der Waals surface area contributed by atoms with E-state index in [9.17, 15) is 0 Å². The van der Waals surface area contributed by atoms with Crippen LogP contribution in [0, 0.1) is 11.3 Å². The smallest absolute Gasteiger partial charge is 0.00418 e. The van der Waals surface area contributed by atoms with Crippen LogP contribution in [0.15, 0.2) is 0 Å². The first kappa shape index (κ1) is 11.4. The molecule has 0 aliphatic heterocycles. The molecule has 2 N–H and O–H groups in total. The van der Waals surface area contributed by atoms with Crippen LogP contribution in [0.4, 0.5) is 0 Å². The van der Waals surface area contributed by atoms with Gasteiger partial charge < -0.3 is 5.73 Å². The van der Waals surface area contributed by atoms with Crippen LogP contribution in [0.5, 0.6) is 0 Å². The Morgan fingerprint density at radius 2 is 1.93 bits per heavy atom. The summed E-state index contributed by atoms with van der Waals surface area (Å²) in [6.07, 6.45) is 14.2. The Morgan fingerprint density at radius 3 is 2.60 bits per heavy atom. The largest absolute Gasteiger partial charge is 0.328 e. The molecule has 2 atom stereocenters. The predicted octanol–water partition coefficient (Wildman–Crippen LogP) is 3.86. The van der Waals surface area contributed by atoms with Crippen molar-refractivity contribution in [3.63, 3.8) is 0 Å². The second kappa shape index (κ2) is 4.86. The number of hydrogen-bond donors (Lipinski definition) is 1. The molecule has 2 unspecified atom stereocenters. The van der Waals surface area contributed by atoms with Crippen molar-refractivity contribution < 1.29 is 0 Å². The highest BCUT2D eigenvalue weighted by Crippen LogP contribution is 2.53. The Bertz CT molecular complexity index is 194. The Kier molecular flexibility index (Phi) is 3.71. The van der Waals surface area contributed by atoms with Crippen LogP contribution in [0.25, 0.3) is 0 Å². The van der Waals surface area contributed by atoms with Crippen LogP contribution in [-0.2, 0) is 0 Å². The third-order valence-electron chi connectivity index (χ3n) is 4.97. The lowest BCUT2D eigenvalue weighted by molar-refractivity contribution is 0.0807. The van der Waals surface area contributed by atoms with Gasteiger partial charge in [-0.05, 0) is 49.9 Å². The Morgan fingerprint density at radius 1 is 1.20 bits per heavy atom. The van der Waals surface area contributed by atoms with Gasteiger partial charge in [-0.2, -0.15) is 0 Å². The maximum atomic E-state index is 6.15. The molecule has 0 heterocycles. The molecule has 0 bridgehead atoms. The molecule has 0 radical (unpaired) electrons. The summed E-state index contributed by atoms with van der Waals surface area (Å²) < 4.78 is 0. The Hall–Kier alpha value is -0.0400. The van der Waals surface area contributed by atoms with Crippen molar-refractivity contribution >= 4 is 0 Å². The van der Waals surface area contributed by atoms with Crippen molar-refractivity contribution in [1.82, 2.24) is 0 Å². The molecule has 2 saturated carbocycles. The third kappa shape index (κ3) is 2.38. The molecule has 0 aromatic rings. The lowest BCUT2D eigenvalue weighted by Gasteiger charge is -2.44. The van der Waals surface area contributed by atoms with Crippen LogP contribution in [0.1, 0.15) is 71.1 Å². The lowest BCUT2D eigenvalue weighted by Crippen LogP contribution is -2.40. The third-order valence-corrected chi connectivity index (χ3v) is 4.97. The van der Waals surface area contributed by atoms with Gasteiger partial charge >= 0.3 is 0 Å². The monoisotopic (exact) mass is 209 g/mol. The van der Waals surface area contributed by atoms with Gasteiger partial charge in [0.1, 0.15) is 0 Å². The minimum Gasteiger partial charge on any atom is -0.328 e.